The number of para-hydroxylation sites is 1. The van der Waals surface area contributed by atoms with Crippen molar-refractivity contribution in [2.75, 3.05) is 10.6 Å². The van der Waals surface area contributed by atoms with Crippen LogP contribution < -0.4 is 26.3 Å². The second-order valence-corrected chi connectivity index (χ2v) is 11.3. The first-order valence-corrected chi connectivity index (χ1v) is 14.4. The van der Waals surface area contributed by atoms with Gasteiger partial charge in [-0.1, -0.05) is 41.4 Å². The largest absolute Gasteiger partial charge is 0.487 e. The molecule has 3 aromatic carbocycles. The minimum absolute atomic E-state index is 0.107. The van der Waals surface area contributed by atoms with E-state index in [0.717, 1.165) is 25.7 Å². The molecule has 0 bridgehead atoms. The highest BCUT2D eigenvalue weighted by atomic mass is 35.5. The van der Waals surface area contributed by atoms with E-state index in [1.807, 2.05) is 17.3 Å². The van der Waals surface area contributed by atoms with Gasteiger partial charge in [-0.2, -0.15) is 5.26 Å². The fourth-order valence-corrected chi connectivity index (χ4v) is 5.31. The molecule has 1 aliphatic heterocycles. The Kier molecular flexibility index (Phi) is 6.60. The molecule has 2 aliphatic carbocycles. The Morgan fingerprint density at radius 2 is 1.93 bits per heavy atom. The van der Waals surface area contributed by atoms with Gasteiger partial charge in [-0.05, 0) is 67.6 Å². The Labute approximate surface area is 253 Å². The monoisotopic (exact) mass is 602 g/mol. The molecule has 11 heteroatoms. The van der Waals surface area contributed by atoms with Crippen LogP contribution in [0.15, 0.2) is 72.7 Å². The van der Waals surface area contributed by atoms with Crippen molar-refractivity contribution in [3.63, 3.8) is 0 Å². The Morgan fingerprint density at radius 3 is 2.67 bits per heavy atom. The molecule has 7 rings (SSSR count). The van der Waals surface area contributed by atoms with E-state index < -0.39 is 11.8 Å². The summed E-state index contributed by atoms with van der Waals surface area (Å²) in [6, 6.07) is 15.7. The van der Waals surface area contributed by atoms with Gasteiger partial charge >= 0.3 is 0 Å². The van der Waals surface area contributed by atoms with Crippen molar-refractivity contribution < 1.29 is 10.5 Å². The number of fused-ring (bicyclic) bond motifs is 1. The summed E-state index contributed by atoms with van der Waals surface area (Å²) in [7, 11) is 0. The van der Waals surface area contributed by atoms with E-state index in [1.54, 1.807) is 36.4 Å². The van der Waals surface area contributed by atoms with Crippen molar-refractivity contribution >= 4 is 51.2 Å². The highest BCUT2D eigenvalue weighted by molar-refractivity contribution is 6.36. The number of nitrogens with zero attached hydrogens (tertiary/aromatic N) is 3. The summed E-state index contributed by atoms with van der Waals surface area (Å²) in [5.41, 5.74) is 9.58. The number of nitriles is 1. The minimum atomic E-state index is -1.56. The Hall–Kier alpha value is -4.23. The predicted molar refractivity (Wildman–Crippen MR) is 162 cm³/mol. The van der Waals surface area contributed by atoms with Crippen LogP contribution in [-0.4, -0.2) is 22.1 Å². The second kappa shape index (κ2) is 10.9. The first-order valence-electron chi connectivity index (χ1n) is 14.1. The van der Waals surface area contributed by atoms with Crippen LogP contribution in [0.3, 0.4) is 0 Å². The summed E-state index contributed by atoms with van der Waals surface area (Å²) in [6.07, 6.45) is 7.45. The smallest absolute Gasteiger partial charge is 0.161 e. The third-order valence-corrected chi connectivity index (χ3v) is 7.87. The van der Waals surface area contributed by atoms with Gasteiger partial charge in [-0.15, -0.1) is 5.53 Å². The number of pyridine rings is 1. The molecule has 0 spiro atoms. The maximum absolute atomic E-state index is 13.9. The lowest BCUT2D eigenvalue weighted by molar-refractivity contribution is 0.260. The van der Waals surface area contributed by atoms with Crippen molar-refractivity contribution in [1.29, 1.82) is 5.26 Å². The third-order valence-electron chi connectivity index (χ3n) is 7.28. The van der Waals surface area contributed by atoms with Gasteiger partial charge < -0.3 is 20.8 Å². The van der Waals surface area contributed by atoms with Gasteiger partial charge in [-0.3, -0.25) is 9.99 Å². The third kappa shape index (κ3) is 5.37. The van der Waals surface area contributed by atoms with E-state index in [0.29, 0.717) is 61.1 Å². The van der Waals surface area contributed by atoms with Gasteiger partial charge in [0.05, 0.1) is 51.7 Å². The molecule has 4 aromatic rings. The van der Waals surface area contributed by atoms with Crippen molar-refractivity contribution in [2.24, 2.45) is 0 Å². The number of benzene rings is 3. The molecule has 2 fully saturated rings. The molecule has 4 N–H and O–H groups in total. The van der Waals surface area contributed by atoms with Crippen LogP contribution in [0.1, 0.15) is 44.2 Å². The van der Waals surface area contributed by atoms with Crippen molar-refractivity contribution in [2.45, 2.75) is 43.8 Å². The summed E-state index contributed by atoms with van der Waals surface area (Å²) < 4.78 is 29.6. The lowest BCUT2D eigenvalue weighted by Crippen LogP contribution is -2.38. The molecule has 212 valence electrons. The molecule has 8 nitrogen and oxygen atoms in total. The van der Waals surface area contributed by atoms with Crippen molar-refractivity contribution in [1.82, 2.24) is 21.0 Å². The van der Waals surface area contributed by atoms with E-state index in [-0.39, 0.29) is 11.7 Å². The van der Waals surface area contributed by atoms with Crippen LogP contribution in [0.4, 0.5) is 21.5 Å². The molecule has 3 aliphatic rings. The van der Waals surface area contributed by atoms with Crippen LogP contribution in [0.25, 0.3) is 10.9 Å². The predicted octanol–water partition coefficient (Wildman–Crippen LogP) is 7.32. The number of aromatic nitrogens is 1. The molecule has 1 atom stereocenters. The molecule has 0 saturated heterocycles. The molecule has 42 heavy (non-hydrogen) atoms. The summed E-state index contributed by atoms with van der Waals surface area (Å²) in [4.78, 5) is 4.46. The first kappa shape index (κ1) is 25.5. The van der Waals surface area contributed by atoms with E-state index >= 15 is 0 Å². The van der Waals surface area contributed by atoms with Gasteiger partial charge in [0.2, 0.25) is 0 Å². The Balaban J connectivity index is 1.32. The van der Waals surface area contributed by atoms with Crippen LogP contribution in [0.5, 0.6) is 5.75 Å². The van der Waals surface area contributed by atoms with Crippen LogP contribution in [-0.2, 0) is 0 Å². The van der Waals surface area contributed by atoms with E-state index in [2.05, 4.69) is 32.6 Å². The summed E-state index contributed by atoms with van der Waals surface area (Å²) in [5.74, 6) is 0.108. The molecule has 0 radical (unpaired) electrons. The summed E-state index contributed by atoms with van der Waals surface area (Å²) in [6.45, 7) is 0. The number of hydrogen-bond donors (Lipinski definition) is 4. The normalized spacial score (nSPS) is 18.0. The average molecular weight is 604 g/mol. The lowest BCUT2D eigenvalue weighted by Gasteiger charge is -2.22. The lowest BCUT2D eigenvalue weighted by atomic mass is 10.0. The SMILES string of the molecule is [2H][C@](Nc1cc(Cl)c2ncc(C#N)c(Nc3cccc(Cl)c3OC3CC3)c2c1)(C1=CN(C2CC2)NN1)c1ccc(F)cc1. The fourth-order valence-electron chi connectivity index (χ4n) is 4.83. The fraction of sp³-hybridized carbons (Fsp3) is 0.226. The van der Waals surface area contributed by atoms with Crippen LogP contribution in [0.2, 0.25) is 10.0 Å². The van der Waals surface area contributed by atoms with Gasteiger partial charge in [0.25, 0.3) is 0 Å². The number of nitrogens with one attached hydrogen (secondary N) is 4. The molecule has 2 heterocycles. The van der Waals surface area contributed by atoms with Crippen molar-refractivity contribution in [3.05, 3.63) is 99.7 Å². The zero-order valence-corrected chi connectivity index (χ0v) is 23.7. The zero-order valence-electron chi connectivity index (χ0n) is 23.2. The minimum Gasteiger partial charge on any atom is -0.487 e. The molecular formula is C31H26Cl2FN7O. The number of hydrazine groups is 2. The number of halogens is 3. The number of ether oxygens (including phenoxy) is 1. The van der Waals surface area contributed by atoms with Gasteiger partial charge in [0, 0.05) is 29.5 Å². The molecular weight excluding hydrogens is 576 g/mol. The van der Waals surface area contributed by atoms with E-state index in [4.69, 9.17) is 27.9 Å². The van der Waals surface area contributed by atoms with Crippen LogP contribution in [0, 0.1) is 17.1 Å². The van der Waals surface area contributed by atoms with E-state index in [1.165, 1.54) is 18.3 Å². The van der Waals surface area contributed by atoms with Gasteiger partial charge in [0.15, 0.2) is 5.75 Å². The van der Waals surface area contributed by atoms with Crippen LogP contribution >= 0.6 is 23.2 Å². The first-order chi connectivity index (χ1) is 20.8. The van der Waals surface area contributed by atoms with Gasteiger partial charge in [-0.25, -0.2) is 4.39 Å². The highest BCUT2D eigenvalue weighted by Crippen LogP contribution is 2.42. The number of hydrogen-bond acceptors (Lipinski definition) is 8. The van der Waals surface area contributed by atoms with Gasteiger partial charge in [0.1, 0.15) is 11.9 Å². The molecule has 0 amide bonds. The highest BCUT2D eigenvalue weighted by Gasteiger charge is 2.32. The molecule has 1 aromatic heterocycles. The average Bonchev–Trinajstić information content (AvgIpc) is 3.94. The van der Waals surface area contributed by atoms with E-state index in [9.17, 15) is 11.0 Å². The Bertz CT molecular complexity index is 1810. The second-order valence-electron chi connectivity index (χ2n) is 10.5. The number of anilines is 3. The summed E-state index contributed by atoms with van der Waals surface area (Å²) in [5, 5.41) is 20.0. The zero-order chi connectivity index (χ0) is 29.7. The maximum Gasteiger partial charge on any atom is 0.161 e. The topological polar surface area (TPSA) is 97.3 Å². The molecule has 2 saturated carbocycles. The molecule has 0 unspecified atom stereocenters. The summed E-state index contributed by atoms with van der Waals surface area (Å²) >= 11 is 13.3. The Morgan fingerprint density at radius 1 is 1.12 bits per heavy atom. The quantitative estimate of drug-likeness (QED) is 0.158. The van der Waals surface area contributed by atoms with Crippen molar-refractivity contribution in [3.8, 4) is 11.8 Å². The standard InChI is InChI=1S/C31H26Cl2FN7O/c32-24-2-1-3-26(31(24)42-22-10-11-22)38-28-18(14-35)15-36-30-23(28)12-20(13-25(30)33)37-29(17-4-6-19(34)7-5-17)27-16-41(40-39-27)21-8-9-21/h1-7,12-13,15-16,21-22,29,37,39-40H,8-11H2,(H,36,38)/t29-/m1/s1/i29D. The maximum atomic E-state index is 13.9. The number of rotatable bonds is 9.